The highest BCUT2D eigenvalue weighted by Crippen LogP contribution is 2.33. The van der Waals surface area contributed by atoms with E-state index in [0.29, 0.717) is 0 Å². The van der Waals surface area contributed by atoms with E-state index in [1.165, 1.54) is 19.3 Å². The van der Waals surface area contributed by atoms with Gasteiger partial charge in [0.15, 0.2) is 0 Å². The number of rotatable bonds is 3. The lowest BCUT2D eigenvalue weighted by molar-refractivity contribution is 0.172. The summed E-state index contributed by atoms with van der Waals surface area (Å²) >= 11 is 1.64. The van der Waals surface area contributed by atoms with Crippen LogP contribution in [0.5, 0.6) is 0 Å². The summed E-state index contributed by atoms with van der Waals surface area (Å²) in [5, 5.41) is 15.2. The summed E-state index contributed by atoms with van der Waals surface area (Å²) < 4.78 is 1.08. The molecule has 4 nitrogen and oxygen atoms in total. The third-order valence-electron chi connectivity index (χ3n) is 3.74. The van der Waals surface area contributed by atoms with Crippen molar-refractivity contribution in [2.24, 2.45) is 0 Å². The number of fused-ring (bicyclic) bond motifs is 1. The molecule has 3 rings (SSSR count). The second-order valence-corrected chi connectivity index (χ2v) is 5.90. The molecule has 5 heteroatoms. The van der Waals surface area contributed by atoms with Crippen molar-refractivity contribution in [1.82, 2.24) is 9.97 Å². The van der Waals surface area contributed by atoms with Crippen LogP contribution < -0.4 is 5.32 Å². The lowest BCUT2D eigenvalue weighted by Gasteiger charge is -2.37. The molecule has 2 aromatic heterocycles. The summed E-state index contributed by atoms with van der Waals surface area (Å²) in [6, 6.07) is 2.00. The molecule has 0 aromatic carbocycles. The van der Waals surface area contributed by atoms with E-state index in [9.17, 15) is 5.11 Å². The van der Waals surface area contributed by atoms with Crippen molar-refractivity contribution in [2.75, 3.05) is 11.9 Å². The molecule has 96 valence electrons. The van der Waals surface area contributed by atoms with Crippen LogP contribution >= 0.6 is 11.3 Å². The Labute approximate surface area is 110 Å². The number of nitrogens with zero attached hydrogens (tertiary/aromatic N) is 2. The van der Waals surface area contributed by atoms with Gasteiger partial charge in [0.1, 0.15) is 12.1 Å². The fourth-order valence-electron chi connectivity index (χ4n) is 2.68. The van der Waals surface area contributed by atoms with Gasteiger partial charge in [-0.15, -0.1) is 11.3 Å². The fourth-order valence-corrected chi connectivity index (χ4v) is 3.47. The number of aliphatic hydroxyl groups excluding tert-OH is 1. The van der Waals surface area contributed by atoms with Gasteiger partial charge >= 0.3 is 0 Å². The predicted molar refractivity (Wildman–Crippen MR) is 73.9 cm³/mol. The third-order valence-corrected chi connectivity index (χ3v) is 4.65. The highest BCUT2D eigenvalue weighted by Gasteiger charge is 2.32. The summed E-state index contributed by atoms with van der Waals surface area (Å²) in [5.74, 6) is 0.867. The Hall–Kier alpha value is -1.20. The van der Waals surface area contributed by atoms with E-state index in [4.69, 9.17) is 0 Å². The molecule has 1 aliphatic rings. The Kier molecular flexibility index (Phi) is 3.18. The minimum absolute atomic E-state index is 0.171. The number of aliphatic hydroxyl groups is 1. The van der Waals surface area contributed by atoms with Gasteiger partial charge in [-0.1, -0.05) is 19.3 Å². The Morgan fingerprint density at radius 2 is 2.11 bits per heavy atom. The number of aromatic nitrogens is 2. The smallest absolute Gasteiger partial charge is 0.147 e. The first kappa shape index (κ1) is 11.9. The average molecular weight is 263 g/mol. The van der Waals surface area contributed by atoms with Gasteiger partial charge in [0.05, 0.1) is 22.4 Å². The van der Waals surface area contributed by atoms with Crippen LogP contribution in [0.3, 0.4) is 0 Å². The van der Waals surface area contributed by atoms with Crippen LogP contribution in [0.1, 0.15) is 32.1 Å². The van der Waals surface area contributed by atoms with Crippen LogP contribution in [-0.4, -0.2) is 27.2 Å². The normalized spacial score (nSPS) is 18.9. The number of thiophene rings is 1. The second kappa shape index (κ2) is 4.82. The van der Waals surface area contributed by atoms with Crippen LogP contribution in [0.15, 0.2) is 17.8 Å². The van der Waals surface area contributed by atoms with Gasteiger partial charge in [-0.25, -0.2) is 9.97 Å². The SMILES string of the molecule is OCC1(Nc2ncnc3ccsc23)CCCCC1. The largest absolute Gasteiger partial charge is 0.394 e. The molecule has 18 heavy (non-hydrogen) atoms. The zero-order valence-electron chi connectivity index (χ0n) is 10.2. The van der Waals surface area contributed by atoms with E-state index < -0.39 is 0 Å². The highest BCUT2D eigenvalue weighted by atomic mass is 32.1. The van der Waals surface area contributed by atoms with Gasteiger partial charge in [-0.2, -0.15) is 0 Å². The lowest BCUT2D eigenvalue weighted by atomic mass is 9.82. The van der Waals surface area contributed by atoms with Crippen molar-refractivity contribution in [1.29, 1.82) is 0 Å². The molecule has 1 fully saturated rings. The van der Waals surface area contributed by atoms with E-state index in [1.807, 2.05) is 11.4 Å². The van der Waals surface area contributed by atoms with Crippen molar-refractivity contribution >= 4 is 27.4 Å². The van der Waals surface area contributed by atoms with Crippen molar-refractivity contribution in [3.05, 3.63) is 17.8 Å². The molecule has 2 N–H and O–H groups in total. The first-order valence-corrected chi connectivity index (χ1v) is 7.28. The van der Waals surface area contributed by atoms with Crippen LogP contribution in [0, 0.1) is 0 Å². The molecule has 0 unspecified atom stereocenters. The Morgan fingerprint density at radius 1 is 1.28 bits per heavy atom. The van der Waals surface area contributed by atoms with Gasteiger partial charge in [0.25, 0.3) is 0 Å². The maximum atomic E-state index is 9.72. The Bertz CT molecular complexity index is 534. The summed E-state index contributed by atoms with van der Waals surface area (Å²) in [7, 11) is 0. The maximum absolute atomic E-state index is 9.72. The molecule has 0 amide bonds. The molecule has 2 heterocycles. The van der Waals surface area contributed by atoms with Gasteiger partial charge in [-0.3, -0.25) is 0 Å². The molecule has 0 spiro atoms. The fraction of sp³-hybridized carbons (Fsp3) is 0.538. The lowest BCUT2D eigenvalue weighted by Crippen LogP contribution is -2.44. The third kappa shape index (κ3) is 2.08. The highest BCUT2D eigenvalue weighted by molar-refractivity contribution is 7.17. The van der Waals surface area contributed by atoms with E-state index in [-0.39, 0.29) is 12.1 Å². The van der Waals surface area contributed by atoms with Crippen molar-refractivity contribution in [3.8, 4) is 0 Å². The van der Waals surface area contributed by atoms with E-state index in [2.05, 4.69) is 15.3 Å². The molecule has 0 atom stereocenters. The first-order valence-electron chi connectivity index (χ1n) is 6.40. The van der Waals surface area contributed by atoms with E-state index in [1.54, 1.807) is 17.7 Å². The van der Waals surface area contributed by atoms with Gasteiger partial charge in [0.2, 0.25) is 0 Å². The molecule has 0 bridgehead atoms. The molecule has 2 aromatic rings. The molecule has 1 saturated carbocycles. The van der Waals surface area contributed by atoms with Gasteiger partial charge in [0, 0.05) is 0 Å². The predicted octanol–water partition coefficient (Wildman–Crippen LogP) is 2.80. The maximum Gasteiger partial charge on any atom is 0.147 e. The minimum atomic E-state index is -0.191. The zero-order chi connectivity index (χ0) is 12.4. The molecule has 0 aliphatic heterocycles. The topological polar surface area (TPSA) is 58.0 Å². The van der Waals surface area contributed by atoms with Crippen molar-refractivity contribution in [2.45, 2.75) is 37.6 Å². The standard InChI is InChI=1S/C13H17N3OS/c17-8-13(5-2-1-3-6-13)16-12-11-10(4-7-18-11)14-9-15-12/h4,7,9,17H,1-3,5-6,8H2,(H,14,15,16). The second-order valence-electron chi connectivity index (χ2n) is 4.98. The van der Waals surface area contributed by atoms with Crippen LogP contribution in [0.25, 0.3) is 10.2 Å². The summed E-state index contributed by atoms with van der Waals surface area (Å²) in [4.78, 5) is 8.58. The van der Waals surface area contributed by atoms with E-state index >= 15 is 0 Å². The van der Waals surface area contributed by atoms with Crippen LogP contribution in [-0.2, 0) is 0 Å². The monoisotopic (exact) mass is 263 g/mol. The Balaban J connectivity index is 1.92. The zero-order valence-corrected chi connectivity index (χ0v) is 11.0. The minimum Gasteiger partial charge on any atom is -0.394 e. The quantitative estimate of drug-likeness (QED) is 0.894. The Morgan fingerprint density at radius 3 is 2.89 bits per heavy atom. The molecule has 0 saturated heterocycles. The molecular weight excluding hydrogens is 246 g/mol. The van der Waals surface area contributed by atoms with Crippen molar-refractivity contribution < 1.29 is 5.11 Å². The molecule has 0 radical (unpaired) electrons. The van der Waals surface area contributed by atoms with Crippen molar-refractivity contribution in [3.63, 3.8) is 0 Å². The van der Waals surface area contributed by atoms with Gasteiger partial charge < -0.3 is 10.4 Å². The summed E-state index contributed by atoms with van der Waals surface area (Å²) in [5.41, 5.74) is 0.783. The number of nitrogens with one attached hydrogen (secondary N) is 1. The van der Waals surface area contributed by atoms with Crippen LogP contribution in [0.2, 0.25) is 0 Å². The van der Waals surface area contributed by atoms with Gasteiger partial charge in [-0.05, 0) is 24.3 Å². The first-order chi connectivity index (χ1) is 8.83. The molecular formula is C13H17N3OS. The summed E-state index contributed by atoms with van der Waals surface area (Å²) in [6.45, 7) is 0.171. The summed E-state index contributed by atoms with van der Waals surface area (Å²) in [6.07, 6.45) is 7.23. The van der Waals surface area contributed by atoms with E-state index in [0.717, 1.165) is 28.9 Å². The molecule has 1 aliphatic carbocycles. The number of hydrogen-bond donors (Lipinski definition) is 2. The number of anilines is 1. The average Bonchev–Trinajstić information content (AvgIpc) is 2.89. The van der Waals surface area contributed by atoms with Crippen LogP contribution in [0.4, 0.5) is 5.82 Å². The number of hydrogen-bond acceptors (Lipinski definition) is 5.